The maximum atomic E-state index is 5.96. The van der Waals surface area contributed by atoms with E-state index in [0.717, 1.165) is 42.6 Å². The van der Waals surface area contributed by atoms with Gasteiger partial charge in [0.2, 0.25) is 0 Å². The molecule has 0 saturated carbocycles. The Morgan fingerprint density at radius 3 is 2.62 bits per heavy atom. The van der Waals surface area contributed by atoms with Gasteiger partial charge in [-0.25, -0.2) is 4.98 Å². The fourth-order valence-corrected chi connectivity index (χ4v) is 2.52. The van der Waals surface area contributed by atoms with Gasteiger partial charge in [-0.3, -0.25) is 5.01 Å². The zero-order valence-electron chi connectivity index (χ0n) is 11.7. The first-order chi connectivity index (χ1) is 10.3. The summed E-state index contributed by atoms with van der Waals surface area (Å²) in [6, 6.07) is 13.7. The molecular weight excluding hydrogens is 284 g/mol. The van der Waals surface area contributed by atoms with Gasteiger partial charge in [-0.1, -0.05) is 29.8 Å². The van der Waals surface area contributed by atoms with Crippen LogP contribution in [0.1, 0.15) is 5.56 Å². The van der Waals surface area contributed by atoms with Crippen molar-refractivity contribution in [3.63, 3.8) is 0 Å². The number of hydrogen-bond acceptors (Lipinski definition) is 4. The number of aromatic nitrogens is 1. The fraction of sp³-hybridized carbons (Fsp3) is 0.250. The van der Waals surface area contributed by atoms with Gasteiger partial charge in [0.05, 0.1) is 19.3 Å². The lowest BCUT2D eigenvalue weighted by atomic mass is 10.2. The molecule has 0 spiro atoms. The monoisotopic (exact) mass is 300 g/mol. The number of anilines is 1. The summed E-state index contributed by atoms with van der Waals surface area (Å²) in [5, 5.41) is 7.34. The van der Waals surface area contributed by atoms with Crippen LogP contribution < -0.4 is 4.90 Å². The second-order valence-corrected chi connectivity index (χ2v) is 5.36. The standard InChI is InChI=1S/C16H17ClN4/c17-15-5-3-4-14(12-15)13-19-21-10-8-20(9-11-21)16-6-1-2-7-18-16/h1-7,12-13H,8-11H2. The SMILES string of the molecule is Clc1cccc(C=NN2CCN(c3ccccn3)CC2)c1. The molecule has 2 heterocycles. The number of rotatable bonds is 3. The topological polar surface area (TPSA) is 31.7 Å². The van der Waals surface area contributed by atoms with Crippen LogP contribution >= 0.6 is 11.6 Å². The molecule has 1 aliphatic heterocycles. The number of piperazine rings is 1. The Hall–Kier alpha value is -2.07. The molecule has 1 aromatic heterocycles. The lowest BCUT2D eigenvalue weighted by Gasteiger charge is -2.33. The van der Waals surface area contributed by atoms with Crippen molar-refractivity contribution in [1.82, 2.24) is 9.99 Å². The summed E-state index contributed by atoms with van der Waals surface area (Å²) in [4.78, 5) is 6.67. The lowest BCUT2D eigenvalue weighted by molar-refractivity contribution is 0.271. The molecule has 1 aromatic carbocycles. The summed E-state index contributed by atoms with van der Waals surface area (Å²) in [6.07, 6.45) is 3.70. The van der Waals surface area contributed by atoms with Gasteiger partial charge in [-0.2, -0.15) is 5.10 Å². The molecule has 0 aliphatic carbocycles. The van der Waals surface area contributed by atoms with Gasteiger partial charge in [0.1, 0.15) is 5.82 Å². The molecule has 21 heavy (non-hydrogen) atoms. The first-order valence-electron chi connectivity index (χ1n) is 7.02. The maximum absolute atomic E-state index is 5.96. The average molecular weight is 301 g/mol. The highest BCUT2D eigenvalue weighted by Gasteiger charge is 2.15. The second-order valence-electron chi connectivity index (χ2n) is 4.93. The minimum absolute atomic E-state index is 0.735. The highest BCUT2D eigenvalue weighted by molar-refractivity contribution is 6.30. The molecule has 0 bridgehead atoms. The van der Waals surface area contributed by atoms with Gasteiger partial charge in [0, 0.05) is 24.3 Å². The number of hydrogen-bond donors (Lipinski definition) is 0. The molecule has 5 heteroatoms. The third kappa shape index (κ3) is 3.73. The normalized spacial score (nSPS) is 15.7. The van der Waals surface area contributed by atoms with Crippen LogP contribution in [0, 0.1) is 0 Å². The predicted molar refractivity (Wildman–Crippen MR) is 87.1 cm³/mol. The van der Waals surface area contributed by atoms with Gasteiger partial charge in [0.25, 0.3) is 0 Å². The Balaban J connectivity index is 1.56. The van der Waals surface area contributed by atoms with E-state index in [1.54, 1.807) is 0 Å². The number of halogens is 1. The quantitative estimate of drug-likeness (QED) is 0.817. The lowest BCUT2D eigenvalue weighted by Crippen LogP contribution is -2.44. The van der Waals surface area contributed by atoms with Crippen LogP contribution in [-0.4, -0.2) is 42.4 Å². The van der Waals surface area contributed by atoms with E-state index in [1.165, 1.54) is 0 Å². The van der Waals surface area contributed by atoms with Gasteiger partial charge >= 0.3 is 0 Å². The molecule has 1 saturated heterocycles. The summed E-state index contributed by atoms with van der Waals surface area (Å²) >= 11 is 5.96. The molecule has 0 unspecified atom stereocenters. The molecule has 108 valence electrons. The number of nitrogens with zero attached hydrogens (tertiary/aromatic N) is 4. The Morgan fingerprint density at radius 2 is 1.90 bits per heavy atom. The van der Waals surface area contributed by atoms with Crippen molar-refractivity contribution in [1.29, 1.82) is 0 Å². The Kier molecular flexibility index (Phi) is 4.36. The molecule has 1 aliphatic rings. The van der Waals surface area contributed by atoms with Crippen molar-refractivity contribution in [2.24, 2.45) is 5.10 Å². The number of benzene rings is 1. The Labute approximate surface area is 129 Å². The highest BCUT2D eigenvalue weighted by atomic mass is 35.5. The smallest absolute Gasteiger partial charge is 0.128 e. The Bertz CT molecular complexity index is 607. The van der Waals surface area contributed by atoms with Crippen molar-refractivity contribution in [3.8, 4) is 0 Å². The summed E-state index contributed by atoms with van der Waals surface area (Å²) in [6.45, 7) is 3.66. The van der Waals surface area contributed by atoms with Crippen LogP contribution in [0.15, 0.2) is 53.8 Å². The second kappa shape index (κ2) is 6.59. The zero-order valence-corrected chi connectivity index (χ0v) is 12.4. The molecule has 1 fully saturated rings. The van der Waals surface area contributed by atoms with Crippen molar-refractivity contribution in [2.75, 3.05) is 31.1 Å². The van der Waals surface area contributed by atoms with E-state index in [2.05, 4.69) is 20.0 Å². The van der Waals surface area contributed by atoms with Crippen LogP contribution in [0.2, 0.25) is 5.02 Å². The van der Waals surface area contributed by atoms with Crippen LogP contribution in [-0.2, 0) is 0 Å². The van der Waals surface area contributed by atoms with Crippen molar-refractivity contribution in [3.05, 3.63) is 59.2 Å². The summed E-state index contributed by atoms with van der Waals surface area (Å²) in [7, 11) is 0. The van der Waals surface area contributed by atoms with E-state index in [0.29, 0.717) is 0 Å². The first-order valence-corrected chi connectivity index (χ1v) is 7.39. The van der Waals surface area contributed by atoms with E-state index in [4.69, 9.17) is 11.6 Å². The van der Waals surface area contributed by atoms with Crippen LogP contribution in [0.25, 0.3) is 0 Å². The number of hydrazone groups is 1. The van der Waals surface area contributed by atoms with E-state index in [-0.39, 0.29) is 0 Å². The maximum Gasteiger partial charge on any atom is 0.128 e. The fourth-order valence-electron chi connectivity index (χ4n) is 2.32. The third-order valence-electron chi connectivity index (χ3n) is 3.45. The van der Waals surface area contributed by atoms with Crippen molar-refractivity contribution < 1.29 is 0 Å². The van der Waals surface area contributed by atoms with Crippen LogP contribution in [0.4, 0.5) is 5.82 Å². The van der Waals surface area contributed by atoms with Gasteiger partial charge < -0.3 is 4.90 Å². The highest BCUT2D eigenvalue weighted by Crippen LogP contribution is 2.13. The van der Waals surface area contributed by atoms with E-state index in [1.807, 2.05) is 54.9 Å². The van der Waals surface area contributed by atoms with Crippen LogP contribution in [0.5, 0.6) is 0 Å². The first kappa shape index (κ1) is 13.9. The average Bonchev–Trinajstić information content (AvgIpc) is 2.54. The number of pyridine rings is 1. The molecule has 3 rings (SSSR count). The Morgan fingerprint density at radius 1 is 1.05 bits per heavy atom. The predicted octanol–water partition coefficient (Wildman–Crippen LogP) is 2.89. The minimum atomic E-state index is 0.735. The van der Waals surface area contributed by atoms with E-state index in [9.17, 15) is 0 Å². The summed E-state index contributed by atoms with van der Waals surface area (Å²) < 4.78 is 0. The molecule has 4 nitrogen and oxygen atoms in total. The summed E-state index contributed by atoms with van der Waals surface area (Å²) in [5.41, 5.74) is 1.02. The molecule has 0 radical (unpaired) electrons. The van der Waals surface area contributed by atoms with Crippen LogP contribution in [0.3, 0.4) is 0 Å². The molecule has 2 aromatic rings. The van der Waals surface area contributed by atoms with E-state index < -0.39 is 0 Å². The van der Waals surface area contributed by atoms with Gasteiger partial charge in [0.15, 0.2) is 0 Å². The van der Waals surface area contributed by atoms with Crippen molar-refractivity contribution in [2.45, 2.75) is 0 Å². The zero-order chi connectivity index (χ0) is 14.5. The van der Waals surface area contributed by atoms with Gasteiger partial charge in [-0.15, -0.1) is 0 Å². The summed E-state index contributed by atoms with van der Waals surface area (Å²) in [5.74, 6) is 1.04. The minimum Gasteiger partial charge on any atom is -0.353 e. The largest absolute Gasteiger partial charge is 0.353 e. The van der Waals surface area contributed by atoms with Gasteiger partial charge in [-0.05, 0) is 29.8 Å². The molecule has 0 atom stereocenters. The van der Waals surface area contributed by atoms with E-state index >= 15 is 0 Å². The molecule has 0 amide bonds. The molecule has 0 N–H and O–H groups in total. The van der Waals surface area contributed by atoms with Crippen molar-refractivity contribution >= 4 is 23.6 Å². The molecular formula is C16H17ClN4. The third-order valence-corrected chi connectivity index (χ3v) is 3.68.